The van der Waals surface area contributed by atoms with Crippen molar-refractivity contribution < 1.29 is 9.59 Å². The van der Waals surface area contributed by atoms with E-state index >= 15 is 0 Å². The normalized spacial score (nSPS) is 11.5. The minimum absolute atomic E-state index is 0. The molecule has 0 aromatic heterocycles. The standard InChI is InChI=1S/C15H22BrN3O2.ClH/c1-9(2)6-12(17)15(21)18-8-14(20)19-13-7-11(16)5-4-10(13)3;/h4-5,7,9,12H,6,8,17H2,1-3H3,(H,18,21)(H,19,20);1H/t12-;/m0./s1. The summed E-state index contributed by atoms with van der Waals surface area (Å²) in [6, 6.07) is 5.04. The van der Waals surface area contributed by atoms with E-state index in [1.165, 1.54) is 0 Å². The number of nitrogens with two attached hydrogens (primary N) is 1. The lowest BCUT2D eigenvalue weighted by Gasteiger charge is -2.14. The molecule has 5 nitrogen and oxygen atoms in total. The summed E-state index contributed by atoms with van der Waals surface area (Å²) >= 11 is 3.35. The van der Waals surface area contributed by atoms with E-state index in [0.29, 0.717) is 12.3 Å². The van der Waals surface area contributed by atoms with Gasteiger partial charge in [0.05, 0.1) is 12.6 Å². The lowest BCUT2D eigenvalue weighted by atomic mass is 10.0. The smallest absolute Gasteiger partial charge is 0.243 e. The van der Waals surface area contributed by atoms with Gasteiger partial charge in [-0.2, -0.15) is 0 Å². The molecule has 124 valence electrons. The van der Waals surface area contributed by atoms with Crippen molar-refractivity contribution >= 4 is 45.8 Å². The Balaban J connectivity index is 0.00000441. The summed E-state index contributed by atoms with van der Waals surface area (Å²) in [5.41, 5.74) is 7.42. The van der Waals surface area contributed by atoms with Crippen molar-refractivity contribution in [2.75, 3.05) is 11.9 Å². The van der Waals surface area contributed by atoms with Gasteiger partial charge < -0.3 is 16.4 Å². The third-order valence-electron chi connectivity index (χ3n) is 2.96. The molecule has 4 N–H and O–H groups in total. The first-order chi connectivity index (χ1) is 9.79. The fourth-order valence-electron chi connectivity index (χ4n) is 1.84. The molecule has 1 rings (SSSR count). The van der Waals surface area contributed by atoms with Crippen LogP contribution in [-0.4, -0.2) is 24.4 Å². The Bertz CT molecular complexity index is 524. The molecule has 0 aliphatic rings. The van der Waals surface area contributed by atoms with Gasteiger partial charge in [0.25, 0.3) is 0 Å². The highest BCUT2D eigenvalue weighted by Crippen LogP contribution is 2.20. The predicted octanol–water partition coefficient (Wildman–Crippen LogP) is 2.61. The molecule has 0 heterocycles. The van der Waals surface area contributed by atoms with Crippen molar-refractivity contribution in [2.24, 2.45) is 11.7 Å². The van der Waals surface area contributed by atoms with E-state index in [1.807, 2.05) is 39.0 Å². The third kappa shape index (κ3) is 7.24. The number of halogens is 2. The second kappa shape index (κ2) is 9.82. The van der Waals surface area contributed by atoms with Crippen molar-refractivity contribution in [2.45, 2.75) is 33.2 Å². The van der Waals surface area contributed by atoms with Crippen LogP contribution >= 0.6 is 28.3 Å². The zero-order valence-corrected chi connectivity index (χ0v) is 15.4. The van der Waals surface area contributed by atoms with Crippen molar-refractivity contribution in [1.82, 2.24) is 5.32 Å². The maximum atomic E-state index is 11.8. The van der Waals surface area contributed by atoms with Crippen molar-refractivity contribution in [3.8, 4) is 0 Å². The molecule has 1 atom stereocenters. The number of rotatable bonds is 6. The van der Waals surface area contributed by atoms with Crippen LogP contribution in [0.2, 0.25) is 0 Å². The van der Waals surface area contributed by atoms with Gasteiger partial charge in [0, 0.05) is 10.2 Å². The minimum Gasteiger partial charge on any atom is -0.346 e. The second-order valence-corrected chi connectivity index (χ2v) is 6.38. The summed E-state index contributed by atoms with van der Waals surface area (Å²) in [6.07, 6.45) is 0.595. The van der Waals surface area contributed by atoms with Gasteiger partial charge in [-0.15, -0.1) is 12.4 Å². The maximum absolute atomic E-state index is 11.8. The van der Waals surface area contributed by atoms with Crippen molar-refractivity contribution in [3.63, 3.8) is 0 Å². The van der Waals surface area contributed by atoms with E-state index in [4.69, 9.17) is 5.73 Å². The predicted molar refractivity (Wildman–Crippen MR) is 95.2 cm³/mol. The van der Waals surface area contributed by atoms with Crippen molar-refractivity contribution in [1.29, 1.82) is 0 Å². The average molecular weight is 393 g/mol. The molecule has 0 radical (unpaired) electrons. The largest absolute Gasteiger partial charge is 0.346 e. The van der Waals surface area contributed by atoms with Crippen LogP contribution in [0.4, 0.5) is 5.69 Å². The Hall–Kier alpha value is -1.11. The van der Waals surface area contributed by atoms with E-state index in [1.54, 1.807) is 0 Å². The van der Waals surface area contributed by atoms with Gasteiger partial charge in [0.1, 0.15) is 0 Å². The zero-order chi connectivity index (χ0) is 16.0. The van der Waals surface area contributed by atoms with Gasteiger partial charge in [-0.3, -0.25) is 9.59 Å². The molecule has 7 heteroatoms. The number of aryl methyl sites for hydroxylation is 1. The van der Waals surface area contributed by atoms with Crippen LogP contribution < -0.4 is 16.4 Å². The summed E-state index contributed by atoms with van der Waals surface area (Å²) in [7, 11) is 0. The molecule has 0 saturated carbocycles. The van der Waals surface area contributed by atoms with E-state index < -0.39 is 6.04 Å². The molecule has 1 aromatic rings. The Morgan fingerprint density at radius 3 is 2.55 bits per heavy atom. The first-order valence-electron chi connectivity index (χ1n) is 6.89. The molecule has 0 saturated heterocycles. The first kappa shape index (κ1) is 20.9. The van der Waals surface area contributed by atoms with E-state index in [9.17, 15) is 9.59 Å². The van der Waals surface area contributed by atoms with Crippen LogP contribution in [0.5, 0.6) is 0 Å². The lowest BCUT2D eigenvalue weighted by molar-refractivity contribution is -0.125. The minimum atomic E-state index is -0.578. The Morgan fingerprint density at radius 2 is 1.95 bits per heavy atom. The number of carbonyl (C=O) groups is 2. The number of benzene rings is 1. The van der Waals surface area contributed by atoms with Gasteiger partial charge in [-0.05, 0) is 37.0 Å². The lowest BCUT2D eigenvalue weighted by Crippen LogP contribution is -2.44. The fraction of sp³-hybridized carbons (Fsp3) is 0.467. The molecule has 0 bridgehead atoms. The molecular formula is C15H23BrClN3O2. The van der Waals surface area contributed by atoms with Gasteiger partial charge in [0.15, 0.2) is 0 Å². The monoisotopic (exact) mass is 391 g/mol. The molecule has 0 fully saturated rings. The van der Waals surface area contributed by atoms with Crippen LogP contribution in [0.25, 0.3) is 0 Å². The SMILES string of the molecule is Cc1ccc(Br)cc1NC(=O)CNC(=O)[C@@H](N)CC(C)C.Cl. The van der Waals surface area contributed by atoms with Gasteiger partial charge >= 0.3 is 0 Å². The number of hydrogen-bond donors (Lipinski definition) is 3. The molecule has 0 spiro atoms. The van der Waals surface area contributed by atoms with Gasteiger partial charge in [-0.1, -0.05) is 35.8 Å². The van der Waals surface area contributed by atoms with E-state index in [2.05, 4.69) is 26.6 Å². The number of nitrogens with one attached hydrogen (secondary N) is 2. The molecule has 0 unspecified atom stereocenters. The van der Waals surface area contributed by atoms with Crippen LogP contribution in [0.3, 0.4) is 0 Å². The Labute approximate surface area is 145 Å². The van der Waals surface area contributed by atoms with E-state index in [0.717, 1.165) is 15.7 Å². The van der Waals surface area contributed by atoms with Crippen LogP contribution in [0.15, 0.2) is 22.7 Å². The summed E-state index contributed by atoms with van der Waals surface area (Å²) in [5.74, 6) is -0.241. The molecule has 0 aliphatic carbocycles. The Morgan fingerprint density at radius 1 is 1.32 bits per heavy atom. The van der Waals surface area contributed by atoms with Crippen LogP contribution in [-0.2, 0) is 9.59 Å². The van der Waals surface area contributed by atoms with E-state index in [-0.39, 0.29) is 30.8 Å². The average Bonchev–Trinajstić information content (AvgIpc) is 2.39. The highest BCUT2D eigenvalue weighted by Gasteiger charge is 2.15. The third-order valence-corrected chi connectivity index (χ3v) is 3.45. The van der Waals surface area contributed by atoms with Crippen LogP contribution in [0, 0.1) is 12.8 Å². The first-order valence-corrected chi connectivity index (χ1v) is 7.68. The highest BCUT2D eigenvalue weighted by atomic mass is 79.9. The molecule has 22 heavy (non-hydrogen) atoms. The number of hydrogen-bond acceptors (Lipinski definition) is 3. The maximum Gasteiger partial charge on any atom is 0.243 e. The number of amides is 2. The van der Waals surface area contributed by atoms with Gasteiger partial charge in [0.2, 0.25) is 11.8 Å². The van der Waals surface area contributed by atoms with Crippen molar-refractivity contribution in [3.05, 3.63) is 28.2 Å². The molecule has 0 aliphatic heterocycles. The fourth-order valence-corrected chi connectivity index (χ4v) is 2.20. The quantitative estimate of drug-likeness (QED) is 0.696. The van der Waals surface area contributed by atoms with Crippen LogP contribution in [0.1, 0.15) is 25.8 Å². The second-order valence-electron chi connectivity index (χ2n) is 5.46. The summed E-state index contributed by atoms with van der Waals surface area (Å²) in [4.78, 5) is 23.6. The summed E-state index contributed by atoms with van der Waals surface area (Å²) < 4.78 is 0.881. The highest BCUT2D eigenvalue weighted by molar-refractivity contribution is 9.10. The molecule has 1 aromatic carbocycles. The zero-order valence-electron chi connectivity index (χ0n) is 13.0. The summed E-state index contributed by atoms with van der Waals surface area (Å²) in [6.45, 7) is 5.81. The number of anilines is 1. The Kier molecular flexibility index (Phi) is 9.32. The number of carbonyl (C=O) groups excluding carboxylic acids is 2. The molecular weight excluding hydrogens is 370 g/mol. The van der Waals surface area contributed by atoms with Gasteiger partial charge in [-0.25, -0.2) is 0 Å². The molecule has 2 amide bonds. The topological polar surface area (TPSA) is 84.2 Å². The summed E-state index contributed by atoms with van der Waals surface area (Å²) in [5, 5.41) is 5.32.